The largest absolute Gasteiger partial charge is 0.497 e. The van der Waals surface area contributed by atoms with Crippen LogP contribution in [0.3, 0.4) is 0 Å². The van der Waals surface area contributed by atoms with E-state index in [9.17, 15) is 9.59 Å². The zero-order valence-electron chi connectivity index (χ0n) is 18.2. The lowest BCUT2D eigenvalue weighted by Gasteiger charge is -2.13. The van der Waals surface area contributed by atoms with Gasteiger partial charge in [0.1, 0.15) is 21.5 Å². The van der Waals surface area contributed by atoms with Crippen molar-refractivity contribution in [2.24, 2.45) is 0 Å². The molecule has 1 amide bonds. The second-order valence-electron chi connectivity index (χ2n) is 7.35. The highest BCUT2D eigenvalue weighted by atomic mass is 32.2. The van der Waals surface area contributed by atoms with Crippen molar-refractivity contribution in [3.63, 3.8) is 0 Å². The first kappa shape index (κ1) is 22.8. The number of pyridine rings is 1. The van der Waals surface area contributed by atoms with Crippen LogP contribution in [0, 0.1) is 6.92 Å². The van der Waals surface area contributed by atoms with Crippen molar-refractivity contribution in [2.75, 3.05) is 19.0 Å². The number of rotatable bonds is 7. The van der Waals surface area contributed by atoms with Gasteiger partial charge in [-0.3, -0.25) is 18.9 Å². The molecule has 0 bridgehead atoms. The van der Waals surface area contributed by atoms with Crippen LogP contribution in [-0.2, 0) is 11.3 Å². The van der Waals surface area contributed by atoms with Crippen LogP contribution in [-0.4, -0.2) is 38.2 Å². The standard InChI is InChI=1S/C24H22N4O3S2/c1-4-11-28-23(30)19(33-24(28)32)13-18-20(25-14-16-7-9-17(31-3)10-8-16)26-21-15(2)6-5-12-27(21)22(18)29/h4-10,12-13,25H,1,11,14H2,2-3H3. The maximum Gasteiger partial charge on any atom is 0.267 e. The lowest BCUT2D eigenvalue weighted by atomic mass is 10.2. The molecule has 7 nitrogen and oxygen atoms in total. The van der Waals surface area contributed by atoms with Crippen molar-refractivity contribution < 1.29 is 9.53 Å². The number of thioether (sulfide) groups is 1. The number of methoxy groups -OCH3 is 1. The third kappa shape index (κ3) is 4.55. The molecule has 3 heterocycles. The summed E-state index contributed by atoms with van der Waals surface area (Å²) in [6, 6.07) is 11.3. The molecule has 1 saturated heterocycles. The van der Waals surface area contributed by atoms with Gasteiger partial charge in [0.05, 0.1) is 17.6 Å². The molecule has 0 aliphatic carbocycles. The van der Waals surface area contributed by atoms with Gasteiger partial charge in [-0.1, -0.05) is 48.3 Å². The van der Waals surface area contributed by atoms with Gasteiger partial charge in [-0.15, -0.1) is 6.58 Å². The van der Waals surface area contributed by atoms with Crippen LogP contribution in [0.15, 0.2) is 64.9 Å². The van der Waals surface area contributed by atoms with E-state index in [1.54, 1.807) is 31.5 Å². The Balaban J connectivity index is 1.77. The van der Waals surface area contributed by atoms with Gasteiger partial charge >= 0.3 is 0 Å². The van der Waals surface area contributed by atoms with Gasteiger partial charge in [-0.05, 0) is 42.3 Å². The van der Waals surface area contributed by atoms with Crippen molar-refractivity contribution in [3.05, 3.63) is 87.2 Å². The summed E-state index contributed by atoms with van der Waals surface area (Å²) < 4.78 is 7.13. The number of nitrogens with zero attached hydrogens (tertiary/aromatic N) is 3. The maximum absolute atomic E-state index is 13.4. The number of aromatic nitrogens is 2. The number of thiocarbonyl (C=S) groups is 1. The second kappa shape index (κ2) is 9.60. The van der Waals surface area contributed by atoms with E-state index in [1.807, 2.05) is 37.3 Å². The average molecular weight is 479 g/mol. The van der Waals surface area contributed by atoms with Crippen LogP contribution in [0.4, 0.5) is 5.82 Å². The minimum atomic E-state index is -0.269. The Morgan fingerprint density at radius 3 is 2.70 bits per heavy atom. The Kier molecular flexibility index (Phi) is 6.62. The SMILES string of the molecule is C=CCN1C(=O)C(=Cc2c(NCc3ccc(OC)cc3)nc3c(C)cccn3c2=O)SC1=S. The number of nitrogens with one attached hydrogen (secondary N) is 1. The van der Waals surface area contributed by atoms with E-state index in [4.69, 9.17) is 21.9 Å². The van der Waals surface area contributed by atoms with Gasteiger partial charge in [0, 0.05) is 19.3 Å². The van der Waals surface area contributed by atoms with Crippen molar-refractivity contribution in [1.29, 1.82) is 0 Å². The Bertz CT molecular complexity index is 1350. The molecule has 2 aromatic heterocycles. The van der Waals surface area contributed by atoms with E-state index in [0.29, 0.717) is 39.3 Å². The lowest BCUT2D eigenvalue weighted by molar-refractivity contribution is -0.121. The van der Waals surface area contributed by atoms with Gasteiger partial charge in [0.2, 0.25) is 0 Å². The van der Waals surface area contributed by atoms with Crippen LogP contribution >= 0.6 is 24.0 Å². The van der Waals surface area contributed by atoms with E-state index < -0.39 is 0 Å². The summed E-state index contributed by atoms with van der Waals surface area (Å²) in [7, 11) is 1.62. The van der Waals surface area contributed by atoms with Gasteiger partial charge in [0.25, 0.3) is 11.5 Å². The molecule has 1 aliphatic rings. The van der Waals surface area contributed by atoms with E-state index in [-0.39, 0.29) is 11.5 Å². The van der Waals surface area contributed by atoms with E-state index in [0.717, 1.165) is 28.6 Å². The molecule has 0 radical (unpaired) electrons. The fraction of sp³-hybridized carbons (Fsp3) is 0.167. The molecule has 0 unspecified atom stereocenters. The van der Waals surface area contributed by atoms with Gasteiger partial charge in [-0.25, -0.2) is 4.98 Å². The molecule has 4 rings (SSSR count). The minimum absolute atomic E-state index is 0.250. The van der Waals surface area contributed by atoms with Crippen LogP contribution in [0.1, 0.15) is 16.7 Å². The van der Waals surface area contributed by atoms with Crippen LogP contribution in [0.5, 0.6) is 5.75 Å². The number of amides is 1. The molecule has 1 N–H and O–H groups in total. The molecule has 9 heteroatoms. The lowest BCUT2D eigenvalue weighted by Crippen LogP contribution is -2.28. The molecule has 1 aliphatic heterocycles. The van der Waals surface area contributed by atoms with E-state index in [2.05, 4.69) is 11.9 Å². The Morgan fingerprint density at radius 2 is 2.00 bits per heavy atom. The smallest absolute Gasteiger partial charge is 0.267 e. The predicted octanol–water partition coefficient (Wildman–Crippen LogP) is 4.01. The number of ether oxygens (including phenoxy) is 1. The average Bonchev–Trinajstić information content (AvgIpc) is 3.08. The number of benzene rings is 1. The molecule has 1 aromatic carbocycles. The number of carbonyl (C=O) groups excluding carboxylic acids is 1. The number of anilines is 1. The summed E-state index contributed by atoms with van der Waals surface area (Å²) in [4.78, 5) is 32.8. The monoisotopic (exact) mass is 478 g/mol. The fourth-order valence-corrected chi connectivity index (χ4v) is 4.68. The zero-order valence-corrected chi connectivity index (χ0v) is 19.8. The summed E-state index contributed by atoms with van der Waals surface area (Å²) in [6.45, 7) is 6.33. The summed E-state index contributed by atoms with van der Waals surface area (Å²) in [5.41, 5.74) is 2.44. The normalized spacial score (nSPS) is 14.8. The third-order valence-electron chi connectivity index (χ3n) is 5.16. The highest BCUT2D eigenvalue weighted by Gasteiger charge is 2.31. The number of aryl methyl sites for hydroxylation is 1. The summed E-state index contributed by atoms with van der Waals surface area (Å²) in [5, 5.41) is 3.27. The van der Waals surface area contributed by atoms with E-state index in [1.165, 1.54) is 9.30 Å². The molecule has 1 fully saturated rings. The Hall–Kier alpha value is -3.43. The van der Waals surface area contributed by atoms with Gasteiger partial charge < -0.3 is 10.1 Å². The molecule has 168 valence electrons. The molecule has 0 saturated carbocycles. The molecule has 0 spiro atoms. The Morgan fingerprint density at radius 1 is 1.24 bits per heavy atom. The molecule has 3 aromatic rings. The van der Waals surface area contributed by atoms with Crippen LogP contribution in [0.25, 0.3) is 11.7 Å². The summed E-state index contributed by atoms with van der Waals surface area (Å²) in [6.07, 6.45) is 4.86. The first-order valence-electron chi connectivity index (χ1n) is 10.2. The van der Waals surface area contributed by atoms with Crippen molar-refractivity contribution in [2.45, 2.75) is 13.5 Å². The first-order valence-corrected chi connectivity index (χ1v) is 11.4. The van der Waals surface area contributed by atoms with Crippen molar-refractivity contribution >= 4 is 51.7 Å². The molecular formula is C24H22N4O3S2. The van der Waals surface area contributed by atoms with Crippen molar-refractivity contribution in [1.82, 2.24) is 14.3 Å². The number of hydrogen-bond donors (Lipinski definition) is 1. The topological polar surface area (TPSA) is 75.9 Å². The summed E-state index contributed by atoms with van der Waals surface area (Å²) >= 11 is 6.49. The van der Waals surface area contributed by atoms with E-state index >= 15 is 0 Å². The zero-order chi connectivity index (χ0) is 23.5. The second-order valence-corrected chi connectivity index (χ2v) is 9.02. The number of hydrogen-bond acceptors (Lipinski definition) is 7. The molecule has 33 heavy (non-hydrogen) atoms. The Labute approximate surface area is 200 Å². The quantitative estimate of drug-likeness (QED) is 0.312. The molecule has 0 atom stereocenters. The molecular weight excluding hydrogens is 456 g/mol. The minimum Gasteiger partial charge on any atom is -0.497 e. The van der Waals surface area contributed by atoms with Crippen LogP contribution < -0.4 is 15.6 Å². The summed E-state index contributed by atoms with van der Waals surface area (Å²) in [5.74, 6) is 0.914. The van der Waals surface area contributed by atoms with Gasteiger partial charge in [-0.2, -0.15) is 0 Å². The highest BCUT2D eigenvalue weighted by Crippen LogP contribution is 2.33. The number of fused-ring (bicyclic) bond motifs is 1. The highest BCUT2D eigenvalue weighted by molar-refractivity contribution is 8.26. The first-order chi connectivity index (χ1) is 15.9. The maximum atomic E-state index is 13.4. The number of carbonyl (C=O) groups is 1. The van der Waals surface area contributed by atoms with Crippen LogP contribution in [0.2, 0.25) is 0 Å². The van der Waals surface area contributed by atoms with Gasteiger partial charge in [0.15, 0.2) is 0 Å². The fourth-order valence-electron chi connectivity index (χ4n) is 3.42. The van der Waals surface area contributed by atoms with Crippen molar-refractivity contribution in [3.8, 4) is 5.75 Å². The predicted molar refractivity (Wildman–Crippen MR) is 137 cm³/mol. The third-order valence-corrected chi connectivity index (χ3v) is 6.54.